The fraction of sp³-hybridized carbons (Fsp3) is 0.381. The van der Waals surface area contributed by atoms with E-state index in [9.17, 15) is 24.5 Å². The molecule has 2 rings (SSSR count). The zero-order chi connectivity index (χ0) is 23.8. The van der Waals surface area contributed by atoms with Gasteiger partial charge in [-0.15, -0.1) is 11.8 Å². The number of thioether (sulfide) groups is 1. The van der Waals surface area contributed by atoms with Gasteiger partial charge in [0.1, 0.15) is 0 Å². The van der Waals surface area contributed by atoms with E-state index in [2.05, 4.69) is 0 Å². The summed E-state index contributed by atoms with van der Waals surface area (Å²) in [7, 11) is 1.63. The molecule has 0 aliphatic carbocycles. The number of aromatic nitrogens is 1. The molecule has 0 unspecified atom stereocenters. The molecule has 1 aromatic carbocycles. The standard InChI is InChI=1S/C21H25N3O7S/c1-13-9-16(14(2)23(13)7-4-8-30-3)18(25)11-31-20(26)12-32-19-6-5-15(21(22)27)10-17(19)24(28)29/h5-6,9-10H,4,7-8,11-12H2,1-3H3,(H2,22,27). The van der Waals surface area contributed by atoms with Crippen LogP contribution in [0.1, 0.15) is 38.5 Å². The minimum absolute atomic E-state index is 0.00552. The maximum absolute atomic E-state index is 12.5. The van der Waals surface area contributed by atoms with Crippen LogP contribution in [-0.4, -0.2) is 53.2 Å². The number of nitrogens with zero attached hydrogens (tertiary/aromatic N) is 2. The molecule has 172 valence electrons. The Hall–Kier alpha value is -3.18. The highest BCUT2D eigenvalue weighted by molar-refractivity contribution is 8.00. The van der Waals surface area contributed by atoms with Crippen LogP contribution >= 0.6 is 11.8 Å². The van der Waals surface area contributed by atoms with E-state index in [1.54, 1.807) is 13.2 Å². The van der Waals surface area contributed by atoms with Crippen LogP contribution in [0.2, 0.25) is 0 Å². The molecule has 10 nitrogen and oxygen atoms in total. The van der Waals surface area contributed by atoms with Crippen molar-refractivity contribution in [1.29, 1.82) is 0 Å². The van der Waals surface area contributed by atoms with Crippen LogP contribution in [0.3, 0.4) is 0 Å². The second-order valence-electron chi connectivity index (χ2n) is 6.96. The number of nitro groups is 1. The van der Waals surface area contributed by atoms with Gasteiger partial charge in [-0.2, -0.15) is 0 Å². The molecule has 11 heteroatoms. The van der Waals surface area contributed by atoms with Gasteiger partial charge < -0.3 is 19.8 Å². The number of rotatable bonds is 12. The lowest BCUT2D eigenvalue weighted by atomic mass is 10.1. The number of carbonyl (C=O) groups is 3. The zero-order valence-corrected chi connectivity index (χ0v) is 18.9. The molecule has 0 saturated carbocycles. The Morgan fingerprint density at radius 1 is 1.22 bits per heavy atom. The first-order chi connectivity index (χ1) is 15.1. The van der Waals surface area contributed by atoms with Crippen LogP contribution in [0.15, 0.2) is 29.2 Å². The number of ketones is 1. The number of carbonyl (C=O) groups excluding carboxylic acids is 3. The summed E-state index contributed by atoms with van der Waals surface area (Å²) in [5, 5.41) is 11.2. The first-order valence-electron chi connectivity index (χ1n) is 9.71. The van der Waals surface area contributed by atoms with E-state index in [-0.39, 0.29) is 27.7 Å². The molecule has 1 heterocycles. The molecule has 32 heavy (non-hydrogen) atoms. The number of aryl methyl sites for hydroxylation is 1. The minimum atomic E-state index is -0.791. The van der Waals surface area contributed by atoms with Crippen molar-refractivity contribution < 1.29 is 28.8 Å². The summed E-state index contributed by atoms with van der Waals surface area (Å²) < 4.78 is 12.1. The molecule has 2 aromatic rings. The van der Waals surface area contributed by atoms with Crippen LogP contribution in [0.25, 0.3) is 0 Å². The predicted molar refractivity (Wildman–Crippen MR) is 118 cm³/mol. The highest BCUT2D eigenvalue weighted by Crippen LogP contribution is 2.30. The van der Waals surface area contributed by atoms with Crippen molar-refractivity contribution in [2.24, 2.45) is 5.73 Å². The van der Waals surface area contributed by atoms with Crippen molar-refractivity contribution in [1.82, 2.24) is 4.57 Å². The second kappa shape index (κ2) is 11.4. The fourth-order valence-corrected chi connectivity index (χ4v) is 3.93. The first kappa shape index (κ1) is 25.1. The Balaban J connectivity index is 1.95. The van der Waals surface area contributed by atoms with E-state index < -0.39 is 23.4 Å². The molecule has 0 spiro atoms. The SMILES string of the molecule is COCCCn1c(C)cc(C(=O)COC(=O)CSc2ccc(C(N)=O)cc2[N+](=O)[O-])c1C. The average Bonchev–Trinajstić information content (AvgIpc) is 3.04. The smallest absolute Gasteiger partial charge is 0.316 e. The third kappa shape index (κ3) is 6.41. The largest absolute Gasteiger partial charge is 0.457 e. The van der Waals surface area contributed by atoms with Crippen molar-refractivity contribution in [3.63, 3.8) is 0 Å². The van der Waals surface area contributed by atoms with E-state index in [1.165, 1.54) is 12.1 Å². The summed E-state index contributed by atoms with van der Waals surface area (Å²) in [5.74, 6) is -2.04. The second-order valence-corrected chi connectivity index (χ2v) is 7.98. The number of methoxy groups -OCH3 is 1. The number of nitro benzene ring substituents is 1. The number of primary amides is 1. The molecule has 0 bridgehead atoms. The van der Waals surface area contributed by atoms with E-state index >= 15 is 0 Å². The van der Waals surface area contributed by atoms with Crippen LogP contribution in [0.4, 0.5) is 5.69 Å². The maximum atomic E-state index is 12.5. The van der Waals surface area contributed by atoms with E-state index in [4.69, 9.17) is 15.2 Å². The Labute approximate surface area is 189 Å². The van der Waals surface area contributed by atoms with Crippen molar-refractivity contribution in [3.05, 3.63) is 56.9 Å². The van der Waals surface area contributed by atoms with Gasteiger partial charge in [-0.25, -0.2) is 0 Å². The lowest BCUT2D eigenvalue weighted by molar-refractivity contribution is -0.387. The molecule has 0 fully saturated rings. The Bertz CT molecular complexity index is 1030. The third-order valence-corrected chi connectivity index (χ3v) is 5.79. The molecule has 1 amide bonds. The molecule has 0 aliphatic rings. The summed E-state index contributed by atoms with van der Waals surface area (Å²) >= 11 is 0.877. The van der Waals surface area contributed by atoms with Gasteiger partial charge in [-0.1, -0.05) is 0 Å². The van der Waals surface area contributed by atoms with Gasteiger partial charge in [0.2, 0.25) is 11.7 Å². The molecular formula is C21H25N3O7S. The number of esters is 1. The molecule has 0 aliphatic heterocycles. The molecule has 0 atom stereocenters. The summed E-state index contributed by atoms with van der Waals surface area (Å²) in [6.45, 7) is 4.63. The lowest BCUT2D eigenvalue weighted by Crippen LogP contribution is -2.16. The fourth-order valence-electron chi connectivity index (χ4n) is 3.13. The van der Waals surface area contributed by atoms with E-state index in [0.717, 1.165) is 35.6 Å². The minimum Gasteiger partial charge on any atom is -0.457 e. The molecule has 0 radical (unpaired) electrons. The van der Waals surface area contributed by atoms with Gasteiger partial charge >= 0.3 is 5.97 Å². The molecule has 0 saturated heterocycles. The Kier molecular flexibility index (Phi) is 8.97. The Morgan fingerprint density at radius 3 is 2.56 bits per heavy atom. The van der Waals surface area contributed by atoms with Gasteiger partial charge in [0.05, 0.1) is 15.6 Å². The first-order valence-corrected chi connectivity index (χ1v) is 10.7. The summed E-state index contributed by atoms with van der Waals surface area (Å²) in [5.41, 5.74) is 7.00. The predicted octanol–water partition coefficient (Wildman–Crippen LogP) is 2.67. The third-order valence-electron chi connectivity index (χ3n) is 4.75. The average molecular weight is 464 g/mol. The number of hydrogen-bond acceptors (Lipinski definition) is 8. The highest BCUT2D eigenvalue weighted by Gasteiger charge is 2.20. The Morgan fingerprint density at radius 2 is 1.94 bits per heavy atom. The topological polar surface area (TPSA) is 144 Å². The van der Waals surface area contributed by atoms with Gasteiger partial charge in [-0.05, 0) is 38.5 Å². The monoisotopic (exact) mass is 463 g/mol. The van der Waals surface area contributed by atoms with Crippen LogP contribution in [0, 0.1) is 24.0 Å². The van der Waals surface area contributed by atoms with E-state index in [0.29, 0.717) is 18.7 Å². The summed E-state index contributed by atoms with van der Waals surface area (Å²) in [4.78, 5) is 46.6. The number of ether oxygens (including phenoxy) is 2. The number of benzene rings is 1. The number of Topliss-reactive ketones (excluding diaryl/α,β-unsaturated/α-hetero) is 1. The van der Waals surface area contributed by atoms with Crippen LogP contribution in [0.5, 0.6) is 0 Å². The van der Waals surface area contributed by atoms with E-state index in [1.807, 2.05) is 18.4 Å². The van der Waals surface area contributed by atoms with Crippen LogP contribution < -0.4 is 5.73 Å². The maximum Gasteiger partial charge on any atom is 0.316 e. The normalized spacial score (nSPS) is 10.7. The van der Waals surface area contributed by atoms with Crippen molar-refractivity contribution in [3.8, 4) is 0 Å². The highest BCUT2D eigenvalue weighted by atomic mass is 32.2. The van der Waals surface area contributed by atoms with Gasteiger partial charge in [0.25, 0.3) is 5.69 Å². The molecular weight excluding hydrogens is 438 g/mol. The quantitative estimate of drug-likeness (QED) is 0.126. The van der Waals surface area contributed by atoms with Crippen molar-refractivity contribution in [2.75, 3.05) is 26.1 Å². The number of amides is 1. The molecule has 2 N–H and O–H groups in total. The molecule has 1 aromatic heterocycles. The number of hydrogen-bond donors (Lipinski definition) is 1. The van der Waals surface area contributed by atoms with Gasteiger partial charge in [0, 0.05) is 48.8 Å². The summed E-state index contributed by atoms with van der Waals surface area (Å²) in [6.07, 6.45) is 0.805. The zero-order valence-electron chi connectivity index (χ0n) is 18.1. The van der Waals surface area contributed by atoms with Crippen LogP contribution in [-0.2, 0) is 20.8 Å². The lowest BCUT2D eigenvalue weighted by Gasteiger charge is -2.09. The van der Waals surface area contributed by atoms with Gasteiger partial charge in [-0.3, -0.25) is 24.5 Å². The number of nitrogens with two attached hydrogens (primary N) is 1. The van der Waals surface area contributed by atoms with Crippen molar-refractivity contribution in [2.45, 2.75) is 31.7 Å². The summed E-state index contributed by atoms with van der Waals surface area (Å²) in [6, 6.07) is 5.51. The van der Waals surface area contributed by atoms with Crippen molar-refractivity contribution >= 4 is 35.1 Å². The van der Waals surface area contributed by atoms with Gasteiger partial charge in [0.15, 0.2) is 6.61 Å².